The maximum absolute atomic E-state index is 13.8. The van der Waals surface area contributed by atoms with Crippen LogP contribution in [0, 0.1) is 11.3 Å². The third-order valence-electron chi connectivity index (χ3n) is 8.08. The van der Waals surface area contributed by atoms with E-state index in [1.54, 1.807) is 0 Å². The molecule has 1 aliphatic carbocycles. The van der Waals surface area contributed by atoms with E-state index in [4.69, 9.17) is 4.74 Å². The van der Waals surface area contributed by atoms with E-state index in [1.807, 2.05) is 9.80 Å². The van der Waals surface area contributed by atoms with Crippen molar-refractivity contribution in [3.05, 3.63) is 23.9 Å². The predicted octanol–water partition coefficient (Wildman–Crippen LogP) is 3.66. The highest BCUT2D eigenvalue weighted by Crippen LogP contribution is 2.48. The van der Waals surface area contributed by atoms with Crippen LogP contribution in [0.4, 0.5) is 19.0 Å². The van der Waals surface area contributed by atoms with Crippen molar-refractivity contribution in [3.8, 4) is 0 Å². The van der Waals surface area contributed by atoms with Gasteiger partial charge in [-0.05, 0) is 50.8 Å². The zero-order chi connectivity index (χ0) is 23.8. The lowest BCUT2D eigenvalue weighted by atomic mass is 9.74. The van der Waals surface area contributed by atoms with Crippen LogP contribution in [-0.4, -0.2) is 79.2 Å². The second-order valence-corrected chi connectivity index (χ2v) is 10.1. The van der Waals surface area contributed by atoms with E-state index in [1.165, 1.54) is 6.20 Å². The number of anilines is 1. The van der Waals surface area contributed by atoms with Gasteiger partial charge in [-0.2, -0.15) is 13.2 Å². The molecule has 1 amide bonds. The molecule has 9 heteroatoms. The molecule has 3 aliphatic rings. The van der Waals surface area contributed by atoms with Crippen molar-refractivity contribution in [2.45, 2.75) is 57.8 Å². The van der Waals surface area contributed by atoms with E-state index in [9.17, 15) is 18.0 Å². The van der Waals surface area contributed by atoms with Crippen LogP contribution in [-0.2, 0) is 15.7 Å². The first-order chi connectivity index (χ1) is 15.6. The Morgan fingerprint density at radius 2 is 1.94 bits per heavy atom. The molecule has 2 aliphatic heterocycles. The van der Waals surface area contributed by atoms with Crippen molar-refractivity contribution < 1.29 is 22.7 Å². The minimum atomic E-state index is -4.39. The molecule has 1 saturated carbocycles. The van der Waals surface area contributed by atoms with E-state index < -0.39 is 11.7 Å². The normalized spacial score (nSPS) is 28.8. The number of amides is 1. The van der Waals surface area contributed by atoms with Crippen LogP contribution in [0.1, 0.15) is 45.1 Å². The molecule has 0 spiro atoms. The van der Waals surface area contributed by atoms with Gasteiger partial charge in [0.05, 0.1) is 17.6 Å². The number of hydrogen-bond donors (Lipinski definition) is 0. The lowest BCUT2D eigenvalue weighted by Crippen LogP contribution is -2.54. The number of ether oxygens (including phenoxy) is 1. The lowest BCUT2D eigenvalue weighted by Gasteiger charge is -2.42. The molecule has 1 aromatic rings. The molecule has 33 heavy (non-hydrogen) atoms. The number of rotatable bonds is 5. The van der Waals surface area contributed by atoms with Gasteiger partial charge in [0.15, 0.2) is 0 Å². The number of piperazine rings is 1. The molecule has 0 bridgehead atoms. The quantitative estimate of drug-likeness (QED) is 0.660. The van der Waals surface area contributed by atoms with Crippen molar-refractivity contribution >= 4 is 11.7 Å². The fourth-order valence-electron chi connectivity index (χ4n) is 5.72. The molecule has 3 atom stereocenters. The first-order valence-electron chi connectivity index (χ1n) is 12.0. The highest BCUT2D eigenvalue weighted by Gasteiger charge is 2.51. The summed E-state index contributed by atoms with van der Waals surface area (Å²) >= 11 is 0. The second-order valence-electron chi connectivity index (χ2n) is 10.1. The van der Waals surface area contributed by atoms with Crippen molar-refractivity contribution in [2.75, 3.05) is 51.3 Å². The van der Waals surface area contributed by atoms with Gasteiger partial charge in [0, 0.05) is 51.1 Å². The van der Waals surface area contributed by atoms with Crippen molar-refractivity contribution in [3.63, 3.8) is 0 Å². The Morgan fingerprint density at radius 3 is 2.55 bits per heavy atom. The number of likely N-dealkylation sites (N-methyl/N-ethyl adjacent to an activating group) is 1. The molecule has 2 saturated heterocycles. The smallest absolute Gasteiger partial charge is 0.380 e. The Hall–Kier alpha value is -1.87. The Morgan fingerprint density at radius 1 is 1.21 bits per heavy atom. The highest BCUT2D eigenvalue weighted by molar-refractivity contribution is 5.84. The van der Waals surface area contributed by atoms with Gasteiger partial charge >= 0.3 is 6.18 Å². The molecule has 1 aromatic heterocycles. The number of alkyl halides is 3. The third kappa shape index (κ3) is 4.85. The van der Waals surface area contributed by atoms with Crippen LogP contribution >= 0.6 is 0 Å². The molecule has 1 unspecified atom stereocenters. The van der Waals surface area contributed by atoms with Gasteiger partial charge < -0.3 is 14.5 Å². The Balaban J connectivity index is 1.41. The molecule has 3 heterocycles. The Kier molecular flexibility index (Phi) is 6.92. The number of hydrogen-bond acceptors (Lipinski definition) is 5. The van der Waals surface area contributed by atoms with E-state index in [0.717, 1.165) is 51.0 Å². The summed E-state index contributed by atoms with van der Waals surface area (Å²) in [4.78, 5) is 24.1. The van der Waals surface area contributed by atoms with E-state index in [2.05, 4.69) is 30.8 Å². The summed E-state index contributed by atoms with van der Waals surface area (Å²) in [6, 6.07) is 2.88. The molecular formula is C24H35F3N4O2. The molecule has 3 fully saturated rings. The maximum atomic E-state index is 13.8. The number of nitrogens with zero attached hydrogens (tertiary/aromatic N) is 4. The first-order valence-corrected chi connectivity index (χ1v) is 12.0. The van der Waals surface area contributed by atoms with Gasteiger partial charge in [-0.15, -0.1) is 0 Å². The summed E-state index contributed by atoms with van der Waals surface area (Å²) in [5.74, 6) is 0.746. The summed E-state index contributed by atoms with van der Waals surface area (Å²) in [5, 5.41) is 0. The van der Waals surface area contributed by atoms with E-state index >= 15 is 0 Å². The molecule has 184 valence electrons. The highest BCUT2D eigenvalue weighted by atomic mass is 19.4. The van der Waals surface area contributed by atoms with Gasteiger partial charge in [-0.25, -0.2) is 4.98 Å². The van der Waals surface area contributed by atoms with Crippen molar-refractivity contribution in [1.29, 1.82) is 0 Å². The average molecular weight is 469 g/mol. The maximum Gasteiger partial charge on any atom is 0.416 e. The summed E-state index contributed by atoms with van der Waals surface area (Å²) in [7, 11) is 2.16. The summed E-state index contributed by atoms with van der Waals surface area (Å²) in [6.45, 7) is 7.82. The monoisotopic (exact) mass is 468 g/mol. The van der Waals surface area contributed by atoms with Crippen LogP contribution < -0.4 is 4.90 Å². The fraction of sp³-hybridized carbons (Fsp3) is 0.750. The Bertz CT molecular complexity index is 835. The zero-order valence-electron chi connectivity index (χ0n) is 19.8. The number of halogens is 3. The van der Waals surface area contributed by atoms with Gasteiger partial charge in [0.1, 0.15) is 5.82 Å². The van der Waals surface area contributed by atoms with Crippen LogP contribution in [0.2, 0.25) is 0 Å². The molecule has 6 nitrogen and oxygen atoms in total. The zero-order valence-corrected chi connectivity index (χ0v) is 19.8. The first kappa shape index (κ1) is 24.3. The number of carbonyl (C=O) groups is 1. The lowest BCUT2D eigenvalue weighted by molar-refractivity contribution is -0.145. The van der Waals surface area contributed by atoms with Crippen LogP contribution in [0.15, 0.2) is 18.3 Å². The summed E-state index contributed by atoms with van der Waals surface area (Å²) in [5.41, 5.74) is -1.08. The Labute approximate surface area is 194 Å². The molecular weight excluding hydrogens is 433 g/mol. The third-order valence-corrected chi connectivity index (χ3v) is 8.08. The van der Waals surface area contributed by atoms with Gasteiger partial charge in [0.25, 0.3) is 0 Å². The standard InChI is InChI=1S/C24H35F3N4O2/c1-17(2)23(7-4-19(15-23)29(3)20-6-13-33-16-20)22(32)31-11-9-30(10-12-31)21-14-18(5-8-28-21)24(25,26)27/h5,8,14,17,19-20H,4,6-7,9-13,15-16H2,1-3H3/t19-,20?,23+/m1/s1. The number of aromatic nitrogens is 1. The molecule has 0 N–H and O–H groups in total. The van der Waals surface area contributed by atoms with Gasteiger partial charge in [0.2, 0.25) is 5.91 Å². The summed E-state index contributed by atoms with van der Waals surface area (Å²) in [6.07, 6.45) is 0.587. The van der Waals surface area contributed by atoms with Crippen LogP contribution in [0.3, 0.4) is 0 Å². The molecule has 4 rings (SSSR count). The number of carbonyl (C=O) groups excluding carboxylic acids is 1. The number of pyridine rings is 1. The topological polar surface area (TPSA) is 48.9 Å². The van der Waals surface area contributed by atoms with Crippen molar-refractivity contribution in [2.24, 2.45) is 11.3 Å². The average Bonchev–Trinajstić information content (AvgIpc) is 3.49. The molecule has 0 radical (unpaired) electrons. The largest absolute Gasteiger partial charge is 0.416 e. The second kappa shape index (κ2) is 9.41. The predicted molar refractivity (Wildman–Crippen MR) is 120 cm³/mol. The van der Waals surface area contributed by atoms with Crippen LogP contribution in [0.5, 0.6) is 0 Å². The summed E-state index contributed by atoms with van der Waals surface area (Å²) < 4.78 is 44.8. The van der Waals surface area contributed by atoms with Gasteiger partial charge in [-0.1, -0.05) is 13.8 Å². The van der Waals surface area contributed by atoms with Crippen molar-refractivity contribution in [1.82, 2.24) is 14.8 Å². The molecule has 0 aromatic carbocycles. The minimum Gasteiger partial charge on any atom is -0.380 e. The SMILES string of the molecule is CC(C)[C@]1(C(=O)N2CCN(c3cc(C(F)(F)F)ccn3)CC2)CC[C@@H](N(C)C2CCOC2)C1. The van der Waals surface area contributed by atoms with E-state index in [-0.39, 0.29) is 17.2 Å². The fourth-order valence-corrected chi connectivity index (χ4v) is 5.72. The minimum absolute atomic E-state index is 0.202. The van der Waals surface area contributed by atoms with Crippen LogP contribution in [0.25, 0.3) is 0 Å². The van der Waals surface area contributed by atoms with Gasteiger partial charge in [-0.3, -0.25) is 9.69 Å². The van der Waals surface area contributed by atoms with E-state index in [0.29, 0.717) is 44.1 Å².